The standard InChI is InChI=1S/C28H25N7O4S.CH4/c1-18(32-27(36)25-26(29)33-23-14-8-15-30-35(23)25)22-17-20-10-6-9-19(11-7-16-31-40(2,38)39)24(20)28(37)34(22)21-12-4-3-5-13-21;/h3-6,8-10,12-15,17-18,31H,16,29H2,1-2H3,(H,32,36);1H4/t18-;/m0./s1. The number of rotatable bonds is 6. The Morgan fingerprint density at radius 2 is 1.85 bits per heavy atom. The predicted octanol–water partition coefficient (Wildman–Crippen LogP) is 2.64. The fourth-order valence-electron chi connectivity index (χ4n) is 4.41. The number of nitrogens with zero attached hydrogens (tertiary/aromatic N) is 4. The van der Waals surface area contributed by atoms with E-state index in [1.165, 1.54) is 15.3 Å². The number of imidazole rings is 1. The molecule has 2 aromatic carbocycles. The zero-order chi connectivity index (χ0) is 28.4. The van der Waals surface area contributed by atoms with Crippen LogP contribution in [0.1, 0.15) is 42.1 Å². The van der Waals surface area contributed by atoms with E-state index in [1.54, 1.807) is 49.4 Å². The van der Waals surface area contributed by atoms with E-state index in [-0.39, 0.29) is 31.0 Å². The molecule has 0 spiro atoms. The first kappa shape index (κ1) is 29.0. The number of nitrogen functional groups attached to an aromatic ring is 1. The van der Waals surface area contributed by atoms with E-state index in [1.807, 2.05) is 24.3 Å². The molecule has 3 aromatic heterocycles. The zero-order valence-corrected chi connectivity index (χ0v) is 22.4. The minimum Gasteiger partial charge on any atom is -0.382 e. The molecule has 0 aliphatic heterocycles. The van der Waals surface area contributed by atoms with Crippen molar-refractivity contribution in [2.75, 3.05) is 18.5 Å². The number of hydrogen-bond acceptors (Lipinski definition) is 7. The monoisotopic (exact) mass is 571 g/mol. The number of benzene rings is 2. The van der Waals surface area contributed by atoms with Crippen molar-refractivity contribution in [3.05, 3.63) is 100 Å². The Labute approximate surface area is 237 Å². The molecule has 0 unspecified atom stereocenters. The first-order valence-electron chi connectivity index (χ1n) is 12.2. The summed E-state index contributed by atoms with van der Waals surface area (Å²) in [5.74, 6) is 5.22. The zero-order valence-electron chi connectivity index (χ0n) is 21.6. The number of sulfonamides is 1. The van der Waals surface area contributed by atoms with E-state index in [4.69, 9.17) is 5.73 Å². The molecule has 11 nitrogen and oxygen atoms in total. The quantitative estimate of drug-likeness (QED) is 0.265. The molecule has 3 heterocycles. The molecule has 0 aliphatic carbocycles. The van der Waals surface area contributed by atoms with E-state index in [0.717, 1.165) is 6.26 Å². The lowest BCUT2D eigenvalue weighted by Gasteiger charge is -2.21. The molecule has 0 radical (unpaired) electrons. The second-order valence-corrected chi connectivity index (χ2v) is 10.9. The SMILES string of the molecule is C.C[C@H](NC(=O)c1c(N)nc2cccnn12)c1cc2cccc(C#CCNS(C)(=O)=O)c2c(=O)n1-c1ccccc1. The van der Waals surface area contributed by atoms with Crippen molar-refractivity contribution >= 4 is 38.2 Å². The molecule has 5 rings (SSSR count). The number of para-hydroxylation sites is 1. The summed E-state index contributed by atoms with van der Waals surface area (Å²) in [4.78, 5) is 31.6. The fourth-order valence-corrected chi connectivity index (χ4v) is 4.75. The molecule has 0 saturated carbocycles. The van der Waals surface area contributed by atoms with E-state index in [0.29, 0.717) is 33.4 Å². The molecule has 41 heavy (non-hydrogen) atoms. The van der Waals surface area contributed by atoms with Crippen molar-refractivity contribution in [1.29, 1.82) is 0 Å². The third-order valence-corrected chi connectivity index (χ3v) is 6.83. The van der Waals surface area contributed by atoms with Crippen LogP contribution in [0.4, 0.5) is 5.82 Å². The van der Waals surface area contributed by atoms with Gasteiger partial charge in [0.2, 0.25) is 10.0 Å². The highest BCUT2D eigenvalue weighted by atomic mass is 32.2. The van der Waals surface area contributed by atoms with Gasteiger partial charge in [0.25, 0.3) is 11.5 Å². The van der Waals surface area contributed by atoms with Gasteiger partial charge >= 0.3 is 0 Å². The summed E-state index contributed by atoms with van der Waals surface area (Å²) in [6.45, 7) is 1.68. The lowest BCUT2D eigenvalue weighted by Crippen LogP contribution is -2.33. The number of fused-ring (bicyclic) bond motifs is 2. The average molecular weight is 572 g/mol. The van der Waals surface area contributed by atoms with Crippen LogP contribution in [0.2, 0.25) is 0 Å². The molecule has 0 fully saturated rings. The third-order valence-electron chi connectivity index (χ3n) is 6.16. The van der Waals surface area contributed by atoms with Gasteiger partial charge in [-0.3, -0.25) is 14.2 Å². The van der Waals surface area contributed by atoms with Crippen molar-refractivity contribution in [3.8, 4) is 17.5 Å². The minimum atomic E-state index is -3.40. The Morgan fingerprint density at radius 1 is 1.10 bits per heavy atom. The molecular weight excluding hydrogens is 542 g/mol. The lowest BCUT2D eigenvalue weighted by molar-refractivity contribution is 0.0932. The number of carbonyl (C=O) groups excluding carboxylic acids is 1. The summed E-state index contributed by atoms with van der Waals surface area (Å²) in [6.07, 6.45) is 2.58. The van der Waals surface area contributed by atoms with Crippen LogP contribution in [0.5, 0.6) is 0 Å². The van der Waals surface area contributed by atoms with Gasteiger partial charge in [0.05, 0.1) is 24.2 Å². The van der Waals surface area contributed by atoms with E-state index in [2.05, 4.69) is 32.0 Å². The number of anilines is 1. The fraction of sp³-hybridized carbons (Fsp3) is 0.172. The van der Waals surface area contributed by atoms with Crippen molar-refractivity contribution < 1.29 is 13.2 Å². The summed E-state index contributed by atoms with van der Waals surface area (Å²) in [7, 11) is -3.40. The van der Waals surface area contributed by atoms with Gasteiger partial charge in [-0.05, 0) is 48.7 Å². The van der Waals surface area contributed by atoms with Crippen LogP contribution in [-0.4, -0.2) is 46.3 Å². The number of nitrogens with two attached hydrogens (primary N) is 1. The average Bonchev–Trinajstić information content (AvgIpc) is 3.26. The molecule has 0 aliphatic rings. The largest absolute Gasteiger partial charge is 0.382 e. The third kappa shape index (κ3) is 5.96. The highest BCUT2D eigenvalue weighted by Gasteiger charge is 2.23. The summed E-state index contributed by atoms with van der Waals surface area (Å²) >= 11 is 0. The van der Waals surface area contributed by atoms with Crippen molar-refractivity contribution in [2.45, 2.75) is 20.4 Å². The van der Waals surface area contributed by atoms with Crippen LogP contribution >= 0.6 is 0 Å². The van der Waals surface area contributed by atoms with Gasteiger partial charge in [-0.1, -0.05) is 49.6 Å². The summed E-state index contributed by atoms with van der Waals surface area (Å²) in [6, 6.07) is 18.9. The van der Waals surface area contributed by atoms with Gasteiger partial charge in [-0.15, -0.1) is 0 Å². The van der Waals surface area contributed by atoms with Crippen LogP contribution in [0.3, 0.4) is 0 Å². The summed E-state index contributed by atoms with van der Waals surface area (Å²) < 4.78 is 28.0. The highest BCUT2D eigenvalue weighted by Crippen LogP contribution is 2.24. The molecule has 210 valence electrons. The molecule has 1 atom stereocenters. The number of nitrogens with one attached hydrogen (secondary N) is 2. The van der Waals surface area contributed by atoms with Crippen molar-refractivity contribution in [1.82, 2.24) is 29.2 Å². The summed E-state index contributed by atoms with van der Waals surface area (Å²) in [5.41, 5.74) is 7.82. The van der Waals surface area contributed by atoms with E-state index in [9.17, 15) is 18.0 Å². The Bertz CT molecular complexity index is 1990. The second kappa shape index (κ2) is 11.6. The topological polar surface area (TPSA) is 153 Å². The van der Waals surface area contributed by atoms with Crippen LogP contribution in [-0.2, 0) is 10.0 Å². The van der Waals surface area contributed by atoms with E-state index >= 15 is 0 Å². The molecule has 1 amide bonds. The van der Waals surface area contributed by atoms with Crippen molar-refractivity contribution in [3.63, 3.8) is 0 Å². The molecule has 0 saturated heterocycles. The maximum Gasteiger partial charge on any atom is 0.274 e. The normalized spacial score (nSPS) is 11.9. The molecular formula is C29H29N7O4S. The van der Waals surface area contributed by atoms with Crippen LogP contribution < -0.4 is 21.3 Å². The lowest BCUT2D eigenvalue weighted by atomic mass is 10.0. The number of hydrogen-bond donors (Lipinski definition) is 3. The number of amides is 1. The molecule has 12 heteroatoms. The number of aromatic nitrogens is 4. The van der Waals surface area contributed by atoms with Gasteiger partial charge in [-0.2, -0.15) is 5.10 Å². The first-order valence-corrected chi connectivity index (χ1v) is 14.1. The predicted molar refractivity (Wildman–Crippen MR) is 159 cm³/mol. The Hall–Kier alpha value is -4.99. The minimum absolute atomic E-state index is 0. The molecule has 5 aromatic rings. The second-order valence-electron chi connectivity index (χ2n) is 9.04. The number of pyridine rings is 1. The molecule has 0 bridgehead atoms. The van der Waals surface area contributed by atoms with E-state index < -0.39 is 22.0 Å². The highest BCUT2D eigenvalue weighted by molar-refractivity contribution is 7.88. The van der Waals surface area contributed by atoms with Gasteiger partial charge in [0.1, 0.15) is 0 Å². The van der Waals surface area contributed by atoms with Gasteiger partial charge < -0.3 is 11.1 Å². The Morgan fingerprint density at radius 3 is 2.59 bits per heavy atom. The smallest absolute Gasteiger partial charge is 0.274 e. The number of carbonyl (C=O) groups is 1. The van der Waals surface area contributed by atoms with Crippen molar-refractivity contribution in [2.24, 2.45) is 0 Å². The summed E-state index contributed by atoms with van der Waals surface area (Å²) in [5, 5.41) is 8.10. The Kier molecular flexibility index (Phi) is 8.23. The first-order chi connectivity index (χ1) is 19.1. The van der Waals surface area contributed by atoms with Crippen LogP contribution in [0, 0.1) is 11.8 Å². The van der Waals surface area contributed by atoms with Crippen LogP contribution in [0.25, 0.3) is 22.1 Å². The van der Waals surface area contributed by atoms with Gasteiger partial charge in [0.15, 0.2) is 17.2 Å². The molecule has 4 N–H and O–H groups in total. The van der Waals surface area contributed by atoms with Gasteiger partial charge in [-0.25, -0.2) is 22.6 Å². The maximum atomic E-state index is 14.0. The van der Waals surface area contributed by atoms with Crippen LogP contribution in [0.15, 0.2) is 77.7 Å². The Balaban J connectivity index is 0.00000387. The van der Waals surface area contributed by atoms with Gasteiger partial charge in [0, 0.05) is 23.1 Å². The maximum absolute atomic E-state index is 14.0.